The molecule has 0 amide bonds. The largest absolute Gasteiger partial charge is 0.493 e. The zero-order chi connectivity index (χ0) is 19.4. The van der Waals surface area contributed by atoms with Crippen LogP contribution in [0.3, 0.4) is 0 Å². The van der Waals surface area contributed by atoms with E-state index >= 15 is 0 Å². The quantitative estimate of drug-likeness (QED) is 0.897. The van der Waals surface area contributed by atoms with Crippen molar-refractivity contribution in [3.63, 3.8) is 0 Å². The lowest BCUT2D eigenvalue weighted by Crippen LogP contribution is -2.20. The van der Waals surface area contributed by atoms with Crippen LogP contribution in [0.4, 0.5) is 0 Å². The molecule has 0 unspecified atom stereocenters. The highest BCUT2D eigenvalue weighted by molar-refractivity contribution is 5.74. The lowest BCUT2D eigenvalue weighted by molar-refractivity contribution is 0.345. The van der Waals surface area contributed by atoms with Gasteiger partial charge in [-0.15, -0.1) is 0 Å². The smallest absolute Gasteiger partial charge is 0.205 e. The Balaban J connectivity index is 2.31. The Morgan fingerprint density at radius 2 is 1.63 bits per heavy atom. The zero-order valence-corrected chi connectivity index (χ0v) is 14.9. The average Bonchev–Trinajstić information content (AvgIpc) is 2.72. The molecule has 0 saturated carbocycles. The fourth-order valence-corrected chi connectivity index (χ4v) is 3.13. The van der Waals surface area contributed by atoms with Gasteiger partial charge in [-0.1, -0.05) is 42.5 Å². The number of ether oxygens (including phenoxy) is 3. The van der Waals surface area contributed by atoms with Crippen molar-refractivity contribution in [2.45, 2.75) is 5.92 Å². The molecular formula is C21H17N3O3. The molecular weight excluding hydrogens is 342 g/mol. The van der Waals surface area contributed by atoms with Gasteiger partial charge in [-0.2, -0.15) is 10.5 Å². The summed E-state index contributed by atoms with van der Waals surface area (Å²) < 4.78 is 16.6. The van der Waals surface area contributed by atoms with E-state index in [4.69, 9.17) is 19.9 Å². The summed E-state index contributed by atoms with van der Waals surface area (Å²) >= 11 is 0. The summed E-state index contributed by atoms with van der Waals surface area (Å²) in [6.07, 6.45) is 0. The van der Waals surface area contributed by atoms with Gasteiger partial charge in [0.2, 0.25) is 5.88 Å². The third-order valence-corrected chi connectivity index (χ3v) is 4.32. The van der Waals surface area contributed by atoms with Crippen molar-refractivity contribution in [3.8, 4) is 23.6 Å². The second-order valence-electron chi connectivity index (χ2n) is 5.73. The van der Waals surface area contributed by atoms with Gasteiger partial charge in [0, 0.05) is 11.1 Å². The maximum atomic E-state index is 9.91. The van der Waals surface area contributed by atoms with Crippen LogP contribution in [-0.4, -0.2) is 14.2 Å². The monoisotopic (exact) mass is 359 g/mol. The van der Waals surface area contributed by atoms with Gasteiger partial charge in [0.25, 0.3) is 0 Å². The molecule has 0 fully saturated rings. The van der Waals surface area contributed by atoms with E-state index < -0.39 is 5.92 Å². The molecule has 2 N–H and O–H groups in total. The minimum Gasteiger partial charge on any atom is -0.493 e. The van der Waals surface area contributed by atoms with Gasteiger partial charge in [0.15, 0.2) is 17.3 Å². The van der Waals surface area contributed by atoms with Gasteiger partial charge in [0.1, 0.15) is 11.6 Å². The fourth-order valence-electron chi connectivity index (χ4n) is 3.13. The summed E-state index contributed by atoms with van der Waals surface area (Å²) in [5.74, 6) is 0.493. The number of para-hydroxylation sites is 1. The Bertz CT molecular complexity index is 1010. The summed E-state index contributed by atoms with van der Waals surface area (Å²) in [6.45, 7) is 0. The molecule has 0 spiro atoms. The van der Waals surface area contributed by atoms with Crippen LogP contribution in [-0.2, 0) is 4.74 Å². The first-order valence-corrected chi connectivity index (χ1v) is 8.14. The Hall–Kier alpha value is -3.90. The Morgan fingerprint density at radius 1 is 0.926 bits per heavy atom. The van der Waals surface area contributed by atoms with Crippen LogP contribution in [0.1, 0.15) is 17.0 Å². The highest BCUT2D eigenvalue weighted by Crippen LogP contribution is 2.46. The van der Waals surface area contributed by atoms with E-state index in [-0.39, 0.29) is 17.0 Å². The van der Waals surface area contributed by atoms with E-state index in [1.807, 2.05) is 30.3 Å². The summed E-state index contributed by atoms with van der Waals surface area (Å²) in [6, 6.07) is 18.7. The van der Waals surface area contributed by atoms with E-state index in [2.05, 4.69) is 12.1 Å². The van der Waals surface area contributed by atoms with Crippen LogP contribution in [0, 0.1) is 22.7 Å². The lowest BCUT2D eigenvalue weighted by Gasteiger charge is -2.27. The van der Waals surface area contributed by atoms with Crippen LogP contribution in [0.25, 0.3) is 5.76 Å². The van der Waals surface area contributed by atoms with Crippen LogP contribution in [0.15, 0.2) is 65.6 Å². The first-order valence-electron chi connectivity index (χ1n) is 8.14. The summed E-state index contributed by atoms with van der Waals surface area (Å²) in [7, 11) is 3.03. The Kier molecular flexibility index (Phi) is 5.01. The normalized spacial score (nSPS) is 16.2. The van der Waals surface area contributed by atoms with Crippen LogP contribution >= 0.6 is 0 Å². The molecule has 2 aromatic rings. The summed E-state index contributed by atoms with van der Waals surface area (Å²) in [5.41, 5.74) is 7.77. The molecule has 0 bridgehead atoms. The molecule has 2 aromatic carbocycles. The highest BCUT2D eigenvalue weighted by Gasteiger charge is 2.36. The molecule has 1 aliphatic rings. The number of rotatable bonds is 4. The molecule has 1 heterocycles. The van der Waals surface area contributed by atoms with Crippen molar-refractivity contribution in [1.82, 2.24) is 0 Å². The SMILES string of the molecule is COc1cccc([C@@H]2C(C#N)=C(N)OC(c3ccccc3)=C2C#N)c1OC. The van der Waals surface area contributed by atoms with Gasteiger partial charge in [-0.3, -0.25) is 0 Å². The van der Waals surface area contributed by atoms with Gasteiger partial charge in [-0.25, -0.2) is 0 Å². The number of nitriles is 2. The molecule has 3 rings (SSSR count). The highest BCUT2D eigenvalue weighted by atomic mass is 16.5. The first kappa shape index (κ1) is 17.9. The van der Waals surface area contributed by atoms with Crippen molar-refractivity contribution in [1.29, 1.82) is 10.5 Å². The molecule has 27 heavy (non-hydrogen) atoms. The van der Waals surface area contributed by atoms with E-state index in [1.165, 1.54) is 14.2 Å². The van der Waals surface area contributed by atoms with Crippen molar-refractivity contribution in [2.24, 2.45) is 5.73 Å². The number of hydrogen-bond donors (Lipinski definition) is 1. The third-order valence-electron chi connectivity index (χ3n) is 4.32. The van der Waals surface area contributed by atoms with Gasteiger partial charge in [0.05, 0.1) is 31.8 Å². The van der Waals surface area contributed by atoms with Gasteiger partial charge >= 0.3 is 0 Å². The first-order chi connectivity index (χ1) is 13.2. The summed E-state index contributed by atoms with van der Waals surface area (Å²) in [5, 5.41) is 19.6. The minimum absolute atomic E-state index is 0.0368. The third kappa shape index (κ3) is 3.05. The number of nitrogens with zero attached hydrogens (tertiary/aromatic N) is 2. The van der Waals surface area contributed by atoms with E-state index in [9.17, 15) is 10.5 Å². The summed E-state index contributed by atoms with van der Waals surface area (Å²) in [4.78, 5) is 0. The Morgan fingerprint density at radius 3 is 2.22 bits per heavy atom. The molecule has 6 nitrogen and oxygen atoms in total. The molecule has 0 aliphatic carbocycles. The van der Waals surface area contributed by atoms with Crippen molar-refractivity contribution < 1.29 is 14.2 Å². The number of hydrogen-bond acceptors (Lipinski definition) is 6. The van der Waals surface area contributed by atoms with Crippen LogP contribution in [0.5, 0.6) is 11.5 Å². The minimum atomic E-state index is -0.728. The lowest BCUT2D eigenvalue weighted by atomic mass is 9.82. The topological polar surface area (TPSA) is 101 Å². The maximum Gasteiger partial charge on any atom is 0.205 e. The molecule has 1 aliphatic heterocycles. The molecule has 6 heteroatoms. The van der Waals surface area contributed by atoms with Gasteiger partial charge in [-0.05, 0) is 6.07 Å². The fraction of sp³-hybridized carbons (Fsp3) is 0.143. The van der Waals surface area contributed by atoms with E-state index in [1.54, 1.807) is 18.2 Å². The second kappa shape index (κ2) is 7.55. The molecule has 0 aromatic heterocycles. The molecule has 1 atom stereocenters. The molecule has 134 valence electrons. The molecule has 0 radical (unpaired) electrons. The maximum absolute atomic E-state index is 9.91. The number of benzene rings is 2. The predicted molar refractivity (Wildman–Crippen MR) is 99.2 cm³/mol. The second-order valence-corrected chi connectivity index (χ2v) is 5.73. The van der Waals surface area contributed by atoms with Crippen LogP contribution in [0.2, 0.25) is 0 Å². The Labute approximate surface area is 157 Å². The van der Waals surface area contributed by atoms with Crippen molar-refractivity contribution >= 4 is 5.76 Å². The number of methoxy groups -OCH3 is 2. The van der Waals surface area contributed by atoms with E-state index in [0.717, 1.165) is 0 Å². The van der Waals surface area contributed by atoms with Crippen molar-refractivity contribution in [2.75, 3.05) is 14.2 Å². The number of allylic oxidation sites excluding steroid dienone is 2. The zero-order valence-electron chi connectivity index (χ0n) is 14.9. The standard InChI is InChI=1S/C21H17N3O3/c1-25-17-10-6-9-14(20(17)26-2)18-15(11-22)19(13-7-4-3-5-8-13)27-21(24)16(18)12-23/h3-10,18H,24H2,1-2H3/t18-/m0/s1. The number of nitrogens with two attached hydrogens (primary N) is 1. The van der Waals surface area contributed by atoms with Crippen molar-refractivity contribution in [3.05, 3.63) is 76.7 Å². The average molecular weight is 359 g/mol. The van der Waals surface area contributed by atoms with Gasteiger partial charge < -0.3 is 19.9 Å². The molecule has 0 saturated heterocycles. The predicted octanol–water partition coefficient (Wildman–Crippen LogP) is 3.45. The van der Waals surface area contributed by atoms with Crippen LogP contribution < -0.4 is 15.2 Å². The van der Waals surface area contributed by atoms with E-state index in [0.29, 0.717) is 28.4 Å².